The van der Waals surface area contributed by atoms with Crippen LogP contribution in [0.3, 0.4) is 0 Å². The Kier molecular flexibility index (Phi) is 6.44. The monoisotopic (exact) mass is 317 g/mol. The Labute approximate surface area is 138 Å². The van der Waals surface area contributed by atoms with Crippen LogP contribution in [0.4, 0.5) is 10.5 Å². The summed E-state index contributed by atoms with van der Waals surface area (Å²) >= 11 is 0. The number of benzene rings is 1. The fraction of sp³-hybridized carbons (Fsp3) is 0.556. The molecule has 0 spiro atoms. The van der Waals surface area contributed by atoms with E-state index in [1.54, 1.807) is 12.1 Å². The third-order valence-electron chi connectivity index (χ3n) is 3.98. The topological polar surface area (TPSA) is 70.2 Å². The van der Waals surface area contributed by atoms with E-state index in [1.165, 1.54) is 12.8 Å². The summed E-state index contributed by atoms with van der Waals surface area (Å²) in [6.07, 6.45) is 6.62. The Morgan fingerprint density at radius 2 is 1.96 bits per heavy atom. The Morgan fingerprint density at radius 1 is 1.17 bits per heavy atom. The van der Waals surface area contributed by atoms with Crippen LogP contribution in [0.15, 0.2) is 18.2 Å². The summed E-state index contributed by atoms with van der Waals surface area (Å²) in [6, 6.07) is 5.50. The Morgan fingerprint density at radius 3 is 2.65 bits per heavy atom. The number of nitrogens with one attached hydrogen (secondary N) is 3. The predicted molar refractivity (Wildman–Crippen MR) is 92.8 cm³/mol. The normalized spacial score (nSPS) is 13.5. The number of hydrogen-bond donors (Lipinski definition) is 3. The van der Waals surface area contributed by atoms with Gasteiger partial charge in [-0.2, -0.15) is 0 Å². The number of hydrogen-bond acceptors (Lipinski definition) is 2. The second kappa shape index (κ2) is 8.56. The first-order valence-electron chi connectivity index (χ1n) is 8.56. The van der Waals surface area contributed by atoms with Crippen LogP contribution in [0.5, 0.6) is 0 Å². The van der Waals surface area contributed by atoms with Gasteiger partial charge >= 0.3 is 6.03 Å². The molecule has 0 unspecified atom stereocenters. The summed E-state index contributed by atoms with van der Waals surface area (Å²) in [5.74, 6) is -0.0736. The van der Waals surface area contributed by atoms with E-state index in [1.807, 2.05) is 13.0 Å². The van der Waals surface area contributed by atoms with Gasteiger partial charge in [0.2, 0.25) is 0 Å². The fourth-order valence-electron chi connectivity index (χ4n) is 2.31. The second-order valence-electron chi connectivity index (χ2n) is 6.22. The summed E-state index contributed by atoms with van der Waals surface area (Å²) < 4.78 is 0. The smallest absolute Gasteiger partial charge is 0.319 e. The number of unbranched alkanes of at least 4 members (excludes halogenated alkanes) is 3. The van der Waals surface area contributed by atoms with Crippen LogP contribution < -0.4 is 16.0 Å². The number of urea groups is 1. The van der Waals surface area contributed by atoms with E-state index in [0.29, 0.717) is 23.8 Å². The Bertz CT molecular complexity index is 553. The zero-order valence-corrected chi connectivity index (χ0v) is 14.1. The minimum absolute atomic E-state index is 0.0736. The van der Waals surface area contributed by atoms with Crippen LogP contribution in [0.1, 0.15) is 61.4 Å². The molecule has 1 fully saturated rings. The summed E-state index contributed by atoms with van der Waals surface area (Å²) in [7, 11) is 0. The minimum Gasteiger partial charge on any atom is -0.349 e. The molecule has 3 N–H and O–H groups in total. The van der Waals surface area contributed by atoms with Crippen LogP contribution in [0.2, 0.25) is 0 Å². The van der Waals surface area contributed by atoms with Crippen LogP contribution in [0, 0.1) is 6.92 Å². The second-order valence-corrected chi connectivity index (χ2v) is 6.22. The SMILES string of the molecule is CCCCCCNC(=O)Nc1cc(C(=O)NC2CC2)ccc1C. The van der Waals surface area contributed by atoms with Crippen LogP contribution in [-0.2, 0) is 0 Å². The quantitative estimate of drug-likeness (QED) is 0.641. The first-order valence-corrected chi connectivity index (χ1v) is 8.56. The molecular formula is C18H27N3O2. The molecule has 1 saturated carbocycles. The lowest BCUT2D eigenvalue weighted by Gasteiger charge is -2.12. The average molecular weight is 317 g/mol. The van der Waals surface area contributed by atoms with Gasteiger partial charge in [-0.15, -0.1) is 0 Å². The van der Waals surface area contributed by atoms with Crippen molar-refractivity contribution in [3.05, 3.63) is 29.3 Å². The molecule has 2 rings (SSSR count). The highest BCUT2D eigenvalue weighted by Crippen LogP contribution is 2.21. The number of carbonyl (C=O) groups is 2. The third-order valence-corrected chi connectivity index (χ3v) is 3.98. The average Bonchev–Trinajstić information content (AvgIpc) is 3.33. The third kappa shape index (κ3) is 5.93. The van der Waals surface area contributed by atoms with E-state index in [0.717, 1.165) is 31.2 Å². The van der Waals surface area contributed by atoms with Crippen molar-refractivity contribution in [1.82, 2.24) is 10.6 Å². The van der Waals surface area contributed by atoms with E-state index < -0.39 is 0 Å². The molecular weight excluding hydrogens is 290 g/mol. The van der Waals surface area contributed by atoms with Gasteiger partial charge in [-0.25, -0.2) is 4.79 Å². The Hall–Kier alpha value is -2.04. The van der Waals surface area contributed by atoms with Gasteiger partial charge in [0.15, 0.2) is 0 Å². The van der Waals surface area contributed by atoms with Gasteiger partial charge < -0.3 is 16.0 Å². The number of aryl methyl sites for hydroxylation is 1. The van der Waals surface area contributed by atoms with E-state index >= 15 is 0 Å². The van der Waals surface area contributed by atoms with Crippen molar-refractivity contribution >= 4 is 17.6 Å². The van der Waals surface area contributed by atoms with E-state index in [2.05, 4.69) is 22.9 Å². The molecule has 126 valence electrons. The molecule has 0 bridgehead atoms. The van der Waals surface area contributed by atoms with Gasteiger partial charge in [0.1, 0.15) is 0 Å². The van der Waals surface area contributed by atoms with Crippen LogP contribution >= 0.6 is 0 Å². The lowest BCUT2D eigenvalue weighted by atomic mass is 10.1. The number of amides is 3. The van der Waals surface area contributed by atoms with Crippen molar-refractivity contribution in [3.63, 3.8) is 0 Å². The number of anilines is 1. The molecule has 1 aliphatic carbocycles. The maximum absolute atomic E-state index is 12.1. The van der Waals surface area contributed by atoms with Crippen molar-refractivity contribution in [2.75, 3.05) is 11.9 Å². The highest BCUT2D eigenvalue weighted by atomic mass is 16.2. The molecule has 0 radical (unpaired) electrons. The fourth-order valence-corrected chi connectivity index (χ4v) is 2.31. The highest BCUT2D eigenvalue weighted by molar-refractivity contribution is 5.97. The summed E-state index contributed by atoms with van der Waals surface area (Å²) in [6.45, 7) is 4.75. The molecule has 5 heteroatoms. The lowest BCUT2D eigenvalue weighted by Crippen LogP contribution is -2.30. The van der Waals surface area contributed by atoms with Crippen molar-refractivity contribution < 1.29 is 9.59 Å². The van der Waals surface area contributed by atoms with Crippen molar-refractivity contribution in [2.45, 2.75) is 58.4 Å². The maximum Gasteiger partial charge on any atom is 0.319 e. The molecule has 5 nitrogen and oxygen atoms in total. The molecule has 0 heterocycles. The van der Waals surface area contributed by atoms with Gasteiger partial charge in [-0.1, -0.05) is 32.3 Å². The minimum atomic E-state index is -0.218. The highest BCUT2D eigenvalue weighted by Gasteiger charge is 2.24. The summed E-state index contributed by atoms with van der Waals surface area (Å²) in [4.78, 5) is 24.0. The van der Waals surface area contributed by atoms with E-state index in [-0.39, 0.29) is 11.9 Å². The van der Waals surface area contributed by atoms with Gasteiger partial charge in [0.05, 0.1) is 0 Å². The first kappa shape index (κ1) is 17.3. The zero-order valence-electron chi connectivity index (χ0n) is 14.1. The van der Waals surface area contributed by atoms with Gasteiger partial charge in [0, 0.05) is 23.8 Å². The molecule has 1 aromatic rings. The van der Waals surface area contributed by atoms with E-state index in [9.17, 15) is 9.59 Å². The summed E-state index contributed by atoms with van der Waals surface area (Å²) in [5.41, 5.74) is 2.20. The molecule has 0 atom stereocenters. The largest absolute Gasteiger partial charge is 0.349 e. The molecule has 23 heavy (non-hydrogen) atoms. The zero-order chi connectivity index (χ0) is 16.7. The van der Waals surface area contributed by atoms with Crippen molar-refractivity contribution in [3.8, 4) is 0 Å². The first-order chi connectivity index (χ1) is 11.1. The maximum atomic E-state index is 12.1. The molecule has 0 saturated heterocycles. The molecule has 1 aliphatic rings. The van der Waals surface area contributed by atoms with Crippen LogP contribution in [-0.4, -0.2) is 24.5 Å². The molecule has 0 aromatic heterocycles. The van der Waals surface area contributed by atoms with Gasteiger partial charge in [-0.3, -0.25) is 4.79 Å². The molecule has 0 aliphatic heterocycles. The Balaban J connectivity index is 1.85. The van der Waals surface area contributed by atoms with Crippen LogP contribution in [0.25, 0.3) is 0 Å². The van der Waals surface area contributed by atoms with Crippen molar-refractivity contribution in [2.24, 2.45) is 0 Å². The number of rotatable bonds is 8. The lowest BCUT2D eigenvalue weighted by molar-refractivity contribution is 0.0951. The van der Waals surface area contributed by atoms with Crippen molar-refractivity contribution in [1.29, 1.82) is 0 Å². The standard InChI is InChI=1S/C18H27N3O2/c1-3-4-5-6-11-19-18(23)21-16-12-14(8-7-13(16)2)17(22)20-15-9-10-15/h7-8,12,15H,3-6,9-11H2,1-2H3,(H,20,22)(H2,19,21,23). The summed E-state index contributed by atoms with van der Waals surface area (Å²) in [5, 5.41) is 8.65. The van der Waals surface area contributed by atoms with Gasteiger partial charge in [-0.05, 0) is 43.9 Å². The predicted octanol–water partition coefficient (Wildman–Crippen LogP) is 3.59. The van der Waals surface area contributed by atoms with Gasteiger partial charge in [0.25, 0.3) is 5.91 Å². The van der Waals surface area contributed by atoms with E-state index in [4.69, 9.17) is 0 Å². The molecule has 1 aromatic carbocycles. The number of carbonyl (C=O) groups excluding carboxylic acids is 2. The molecule has 3 amide bonds.